The molecule has 6 N–H and O–H groups in total. The molecule has 0 aliphatic heterocycles. The molecule has 35 heavy (non-hydrogen) atoms. The maximum Gasteiger partial charge on any atom is 0.404 e. The number of carbonyl (C=O) groups excluding carboxylic acids is 1. The summed E-state index contributed by atoms with van der Waals surface area (Å²) in [6.07, 6.45) is 0.508. The summed E-state index contributed by atoms with van der Waals surface area (Å²) in [6, 6.07) is 0.849. The molecule has 2 aromatic rings. The Bertz CT molecular complexity index is 1040. The van der Waals surface area contributed by atoms with Crippen molar-refractivity contribution in [2.45, 2.75) is 39.3 Å². The van der Waals surface area contributed by atoms with Gasteiger partial charge in [-0.05, 0) is 25.3 Å². The van der Waals surface area contributed by atoms with Gasteiger partial charge in [0.15, 0.2) is 17.5 Å². The lowest BCUT2D eigenvalue weighted by atomic mass is 9.98. The van der Waals surface area contributed by atoms with Crippen LogP contribution < -0.4 is 26.4 Å². The maximum atomic E-state index is 14.8. The van der Waals surface area contributed by atoms with Gasteiger partial charge < -0.3 is 36.3 Å². The molecule has 2 atom stereocenters. The van der Waals surface area contributed by atoms with Crippen LogP contribution in [0.25, 0.3) is 0 Å². The molecule has 2 aromatic heterocycles. The van der Waals surface area contributed by atoms with Crippen LogP contribution in [-0.2, 0) is 4.74 Å². The molecule has 2 rings (SSSR count). The summed E-state index contributed by atoms with van der Waals surface area (Å²) in [5.41, 5.74) is 5.21. The van der Waals surface area contributed by atoms with E-state index in [1.165, 1.54) is 13.3 Å². The third-order valence-electron chi connectivity index (χ3n) is 4.84. The summed E-state index contributed by atoms with van der Waals surface area (Å²) in [5.74, 6) is -3.08. The van der Waals surface area contributed by atoms with Crippen LogP contribution in [-0.4, -0.2) is 59.5 Å². The van der Waals surface area contributed by atoms with Gasteiger partial charge in [-0.2, -0.15) is 0 Å². The highest BCUT2D eigenvalue weighted by Gasteiger charge is 2.24. The second-order valence-electron chi connectivity index (χ2n) is 8.17. The van der Waals surface area contributed by atoms with E-state index >= 15 is 0 Å². The Labute approximate surface area is 201 Å². The van der Waals surface area contributed by atoms with Crippen LogP contribution >= 0.6 is 0 Å². The molecular weight excluding hydrogens is 466 g/mol. The van der Waals surface area contributed by atoms with Gasteiger partial charge in [-0.15, -0.1) is 0 Å². The number of halogens is 2. The Balaban J connectivity index is 2.35. The number of carbonyl (C=O) groups is 2. The van der Waals surface area contributed by atoms with Gasteiger partial charge in [-0.3, -0.25) is 4.79 Å². The van der Waals surface area contributed by atoms with Crippen LogP contribution in [0.5, 0.6) is 5.88 Å². The van der Waals surface area contributed by atoms with E-state index in [-0.39, 0.29) is 47.9 Å². The first-order valence-corrected chi connectivity index (χ1v) is 10.8. The van der Waals surface area contributed by atoms with Crippen molar-refractivity contribution in [1.82, 2.24) is 15.3 Å². The first-order chi connectivity index (χ1) is 16.5. The molecule has 0 aliphatic rings. The van der Waals surface area contributed by atoms with Crippen LogP contribution in [0.1, 0.15) is 37.6 Å². The van der Waals surface area contributed by atoms with E-state index in [4.69, 9.17) is 20.3 Å². The molecule has 0 aromatic carbocycles. The van der Waals surface area contributed by atoms with Gasteiger partial charge in [0.2, 0.25) is 0 Å². The number of hydrogen-bond donors (Lipinski definition) is 5. The number of aromatic nitrogens is 2. The van der Waals surface area contributed by atoms with Crippen LogP contribution in [0.15, 0.2) is 18.3 Å². The SMILES string of the molecule is COCCOc1ncc(Nc2nc(N[C@@H](CC(C)C)[C@H](C)NC(=O)O)c(F)cc2C(N)=O)cc1F. The van der Waals surface area contributed by atoms with Gasteiger partial charge in [-0.1, -0.05) is 13.8 Å². The number of rotatable bonds is 13. The van der Waals surface area contributed by atoms with Gasteiger partial charge >= 0.3 is 6.09 Å². The number of primary amides is 1. The topological polar surface area (TPSA) is 161 Å². The van der Waals surface area contributed by atoms with E-state index in [1.54, 1.807) is 6.92 Å². The van der Waals surface area contributed by atoms with Crippen molar-refractivity contribution in [3.63, 3.8) is 0 Å². The lowest BCUT2D eigenvalue weighted by Crippen LogP contribution is -2.45. The predicted molar refractivity (Wildman–Crippen MR) is 125 cm³/mol. The van der Waals surface area contributed by atoms with Gasteiger partial charge in [0.25, 0.3) is 11.8 Å². The van der Waals surface area contributed by atoms with E-state index in [2.05, 4.69) is 25.9 Å². The van der Waals surface area contributed by atoms with Crippen LogP contribution in [0.3, 0.4) is 0 Å². The number of nitrogens with zero attached hydrogens (tertiary/aromatic N) is 2. The van der Waals surface area contributed by atoms with Crippen molar-refractivity contribution in [2.24, 2.45) is 11.7 Å². The lowest BCUT2D eigenvalue weighted by molar-refractivity contribution is 0.1000. The van der Waals surface area contributed by atoms with E-state index < -0.39 is 35.7 Å². The highest BCUT2D eigenvalue weighted by atomic mass is 19.1. The van der Waals surface area contributed by atoms with Gasteiger partial charge in [0, 0.05) is 25.3 Å². The van der Waals surface area contributed by atoms with Gasteiger partial charge in [0.05, 0.1) is 24.1 Å². The van der Waals surface area contributed by atoms with Crippen molar-refractivity contribution in [3.8, 4) is 5.88 Å². The van der Waals surface area contributed by atoms with E-state index in [0.29, 0.717) is 6.42 Å². The summed E-state index contributed by atoms with van der Waals surface area (Å²) in [5, 5.41) is 17.0. The molecule has 2 amide bonds. The van der Waals surface area contributed by atoms with Crippen molar-refractivity contribution in [2.75, 3.05) is 31.0 Å². The zero-order chi connectivity index (χ0) is 26.1. The smallest absolute Gasteiger partial charge is 0.404 e. The molecule has 0 saturated heterocycles. The fourth-order valence-corrected chi connectivity index (χ4v) is 3.20. The Morgan fingerprint density at radius 2 is 1.86 bits per heavy atom. The number of carboxylic acid groups (broad SMARTS) is 1. The molecule has 2 heterocycles. The first-order valence-electron chi connectivity index (χ1n) is 10.8. The van der Waals surface area contributed by atoms with Crippen molar-refractivity contribution < 1.29 is 33.0 Å². The third-order valence-corrected chi connectivity index (χ3v) is 4.84. The highest BCUT2D eigenvalue weighted by Crippen LogP contribution is 2.26. The lowest BCUT2D eigenvalue weighted by Gasteiger charge is -2.27. The largest absolute Gasteiger partial charge is 0.473 e. The van der Waals surface area contributed by atoms with Crippen LogP contribution in [0, 0.1) is 17.6 Å². The summed E-state index contributed by atoms with van der Waals surface area (Å²) in [7, 11) is 1.48. The fourth-order valence-electron chi connectivity index (χ4n) is 3.20. The highest BCUT2D eigenvalue weighted by molar-refractivity contribution is 5.98. The van der Waals surface area contributed by atoms with E-state index in [9.17, 15) is 18.4 Å². The third kappa shape index (κ3) is 8.21. The second kappa shape index (κ2) is 12.6. The number of pyridine rings is 2. The summed E-state index contributed by atoms with van der Waals surface area (Å²) >= 11 is 0. The molecule has 0 bridgehead atoms. The van der Waals surface area contributed by atoms with Crippen molar-refractivity contribution in [3.05, 3.63) is 35.5 Å². The minimum atomic E-state index is -1.22. The maximum absolute atomic E-state index is 14.8. The molecule has 13 heteroatoms. The number of nitrogens with two attached hydrogens (primary N) is 1. The minimum Gasteiger partial charge on any atom is -0.473 e. The molecule has 0 spiro atoms. The molecule has 0 aliphatic carbocycles. The van der Waals surface area contributed by atoms with Crippen molar-refractivity contribution >= 4 is 29.3 Å². The standard InChI is InChI=1S/C22H30F2N6O5/c1-11(2)7-17(12(3)27-22(32)33)29-20-15(23)9-14(18(25)31)19(30-20)28-13-8-16(24)21(26-10-13)35-6-5-34-4/h8-12,17,27H,5-7H2,1-4H3,(H2,25,31)(H,32,33)(H2,28,29,30)/t12-,17-/m0/s1. The van der Waals surface area contributed by atoms with E-state index in [0.717, 1.165) is 12.1 Å². The summed E-state index contributed by atoms with van der Waals surface area (Å²) in [4.78, 5) is 31.0. The molecular formula is C22H30F2N6O5. The number of nitrogens with one attached hydrogen (secondary N) is 3. The quantitative estimate of drug-likeness (QED) is 0.262. The molecule has 0 unspecified atom stereocenters. The Hall–Kier alpha value is -3.74. The normalized spacial score (nSPS) is 12.7. The molecule has 11 nitrogen and oxygen atoms in total. The van der Waals surface area contributed by atoms with Crippen LogP contribution in [0.4, 0.5) is 30.9 Å². The summed E-state index contributed by atoms with van der Waals surface area (Å²) < 4.78 is 39.2. The second-order valence-corrected chi connectivity index (χ2v) is 8.17. The number of methoxy groups -OCH3 is 1. The monoisotopic (exact) mass is 496 g/mol. The molecule has 192 valence electrons. The van der Waals surface area contributed by atoms with Crippen LogP contribution in [0.2, 0.25) is 0 Å². The Morgan fingerprint density at radius 1 is 1.14 bits per heavy atom. The zero-order valence-electron chi connectivity index (χ0n) is 19.9. The van der Waals surface area contributed by atoms with Gasteiger partial charge in [0.1, 0.15) is 12.4 Å². The summed E-state index contributed by atoms with van der Waals surface area (Å²) in [6.45, 7) is 5.84. The van der Waals surface area contributed by atoms with Crippen molar-refractivity contribution in [1.29, 1.82) is 0 Å². The minimum absolute atomic E-state index is 0.0975. The average molecular weight is 497 g/mol. The Morgan fingerprint density at radius 3 is 2.43 bits per heavy atom. The first kappa shape index (κ1) is 27.5. The zero-order valence-corrected chi connectivity index (χ0v) is 19.9. The molecule has 0 saturated carbocycles. The average Bonchev–Trinajstić information content (AvgIpc) is 2.76. The number of amides is 2. The number of hydrogen-bond acceptors (Lipinski definition) is 8. The molecule has 0 fully saturated rings. The van der Waals surface area contributed by atoms with E-state index in [1.807, 2.05) is 13.8 Å². The predicted octanol–water partition coefficient (Wildman–Crippen LogP) is 3.11. The van der Waals surface area contributed by atoms with Gasteiger partial charge in [-0.25, -0.2) is 23.5 Å². The number of ether oxygens (including phenoxy) is 2. The number of anilines is 3. The Kier molecular flexibility index (Phi) is 9.94. The fraction of sp³-hybridized carbons (Fsp3) is 0.455. The molecule has 0 radical (unpaired) electrons.